The molecule has 49 heavy (non-hydrogen) atoms. The third-order valence-electron chi connectivity index (χ3n) is 10.1. The Bertz CT molecular complexity index is 1840. The first kappa shape index (κ1) is 33.7. The number of nitrogens with one attached hydrogen (secondary N) is 1. The number of hydrogen-bond donors (Lipinski definition) is 2. The number of fused-ring (bicyclic) bond motifs is 2. The van der Waals surface area contributed by atoms with Gasteiger partial charge in [0.1, 0.15) is 29.5 Å². The highest BCUT2D eigenvalue weighted by atomic mass is 28.2. The molecule has 8 heteroatoms. The van der Waals surface area contributed by atoms with Gasteiger partial charge in [-0.05, 0) is 73.4 Å². The maximum Gasteiger partial charge on any atom is 0.168 e. The first-order valence-corrected chi connectivity index (χ1v) is 19.0. The summed E-state index contributed by atoms with van der Waals surface area (Å²) in [5.74, 6) is 0.623. The van der Waals surface area contributed by atoms with E-state index in [0.717, 1.165) is 40.8 Å². The van der Waals surface area contributed by atoms with E-state index in [4.69, 9.17) is 19.1 Å². The zero-order valence-corrected chi connectivity index (χ0v) is 31.0. The van der Waals surface area contributed by atoms with E-state index >= 15 is 0 Å². The van der Waals surface area contributed by atoms with Crippen LogP contribution in [-0.4, -0.2) is 47.2 Å². The number of hydrogen-bond acceptors (Lipinski definition) is 6. The lowest BCUT2D eigenvalue weighted by Gasteiger charge is -2.45. The van der Waals surface area contributed by atoms with Crippen LogP contribution in [-0.2, 0) is 21.2 Å². The molecule has 2 heterocycles. The smallest absolute Gasteiger partial charge is 0.168 e. The van der Waals surface area contributed by atoms with Crippen molar-refractivity contribution < 1.29 is 14.3 Å². The van der Waals surface area contributed by atoms with Gasteiger partial charge in [-0.25, -0.2) is 9.97 Å². The quantitative estimate of drug-likeness (QED) is 0.155. The van der Waals surface area contributed by atoms with Gasteiger partial charge in [-0.15, -0.1) is 0 Å². The predicted octanol–water partition coefficient (Wildman–Crippen LogP) is 7.90. The van der Waals surface area contributed by atoms with Crippen molar-refractivity contribution in [2.75, 3.05) is 5.32 Å². The molecule has 1 fully saturated rings. The topological polar surface area (TPSA) is 81.4 Å². The highest BCUT2D eigenvalue weighted by Crippen LogP contribution is 2.53. The minimum atomic E-state index is -1.07. The van der Waals surface area contributed by atoms with Crippen molar-refractivity contribution in [3.05, 3.63) is 126 Å². The van der Waals surface area contributed by atoms with E-state index in [-0.39, 0.29) is 23.0 Å². The van der Waals surface area contributed by atoms with Crippen LogP contribution in [0.3, 0.4) is 0 Å². The van der Waals surface area contributed by atoms with Crippen LogP contribution in [0, 0.1) is 5.92 Å². The number of aromatic nitrogens is 3. The van der Waals surface area contributed by atoms with E-state index in [2.05, 4.69) is 149 Å². The Balaban J connectivity index is 1.33. The molecule has 0 radical (unpaired) electrons. The van der Waals surface area contributed by atoms with E-state index in [1.807, 2.05) is 0 Å². The summed E-state index contributed by atoms with van der Waals surface area (Å²) in [6.45, 7) is 13.0. The number of aliphatic hydroxyl groups excluding tert-OH is 1. The van der Waals surface area contributed by atoms with E-state index in [1.165, 1.54) is 11.1 Å². The fourth-order valence-corrected chi connectivity index (χ4v) is 9.23. The largest absolute Gasteiger partial charge is 0.410 e. The van der Waals surface area contributed by atoms with Crippen LogP contribution in [0.5, 0.6) is 0 Å². The molecule has 0 saturated heterocycles. The van der Waals surface area contributed by atoms with Crippen molar-refractivity contribution in [1.29, 1.82) is 0 Å². The normalized spacial score (nSPS) is 23.0. The molecule has 5 atom stereocenters. The van der Waals surface area contributed by atoms with Crippen LogP contribution in [0.15, 0.2) is 104 Å². The Kier molecular flexibility index (Phi) is 9.03. The molecule has 7 rings (SSSR count). The number of rotatable bonds is 9. The molecule has 5 aromatic rings. The first-order chi connectivity index (χ1) is 23.4. The molecule has 256 valence electrons. The van der Waals surface area contributed by atoms with Gasteiger partial charge in [0, 0.05) is 12.1 Å². The first-order valence-electron chi connectivity index (χ1n) is 17.7. The second-order valence-electron chi connectivity index (χ2n) is 16.0. The fraction of sp³-hybridized carbons (Fsp3) is 0.415. The van der Waals surface area contributed by atoms with Gasteiger partial charge in [0.15, 0.2) is 9.76 Å². The van der Waals surface area contributed by atoms with Gasteiger partial charge >= 0.3 is 0 Å². The molecule has 0 aliphatic heterocycles. The fourth-order valence-electron chi connectivity index (χ4n) is 8.02. The summed E-state index contributed by atoms with van der Waals surface area (Å²) >= 11 is 0. The highest BCUT2D eigenvalue weighted by molar-refractivity contribution is 6.32. The highest BCUT2D eigenvalue weighted by Gasteiger charge is 2.57. The van der Waals surface area contributed by atoms with Crippen molar-refractivity contribution in [2.45, 2.75) is 101 Å². The van der Waals surface area contributed by atoms with E-state index in [0.29, 0.717) is 6.42 Å². The summed E-state index contributed by atoms with van der Waals surface area (Å²) in [5.41, 5.74) is 4.39. The van der Waals surface area contributed by atoms with Crippen LogP contribution in [0.1, 0.15) is 88.7 Å². The van der Waals surface area contributed by atoms with Gasteiger partial charge < -0.3 is 24.2 Å². The van der Waals surface area contributed by atoms with Crippen molar-refractivity contribution in [2.24, 2.45) is 5.92 Å². The van der Waals surface area contributed by atoms with Crippen molar-refractivity contribution >= 4 is 26.6 Å². The Morgan fingerprint density at radius 2 is 1.49 bits per heavy atom. The van der Waals surface area contributed by atoms with Gasteiger partial charge in [-0.2, -0.15) is 0 Å². The molecule has 2 N–H and O–H groups in total. The monoisotopic (exact) mass is 674 g/mol. The van der Waals surface area contributed by atoms with Crippen LogP contribution < -0.4 is 5.32 Å². The average Bonchev–Trinajstić information content (AvgIpc) is 3.78. The summed E-state index contributed by atoms with van der Waals surface area (Å²) in [4.78, 5) is 9.52. The van der Waals surface area contributed by atoms with Gasteiger partial charge in [0.05, 0.1) is 29.2 Å². The minimum absolute atomic E-state index is 0.0442. The molecule has 0 spiro atoms. The third-order valence-corrected chi connectivity index (χ3v) is 11.5. The number of aryl methyl sites for hydroxylation is 1. The van der Waals surface area contributed by atoms with Gasteiger partial charge in [0.2, 0.25) is 0 Å². The van der Waals surface area contributed by atoms with Gasteiger partial charge in [0.25, 0.3) is 0 Å². The molecule has 2 aliphatic rings. The molecule has 7 nitrogen and oxygen atoms in total. The summed E-state index contributed by atoms with van der Waals surface area (Å²) in [5, 5.41) is 17.2. The zero-order chi connectivity index (χ0) is 34.4. The lowest BCUT2D eigenvalue weighted by atomic mass is 9.74. The van der Waals surface area contributed by atoms with Crippen molar-refractivity contribution in [3.63, 3.8) is 0 Å². The van der Waals surface area contributed by atoms with Crippen LogP contribution in [0.25, 0.3) is 11.0 Å². The van der Waals surface area contributed by atoms with E-state index in [1.54, 1.807) is 6.33 Å². The summed E-state index contributed by atoms with van der Waals surface area (Å²) in [7, 11) is -1.07. The average molecular weight is 675 g/mol. The Morgan fingerprint density at radius 3 is 2.14 bits per heavy atom. The molecular formula is C41H50N4O3Si. The second-order valence-corrected chi connectivity index (χ2v) is 18.7. The number of aliphatic hydroxyl groups is 1. The predicted molar refractivity (Wildman–Crippen MR) is 199 cm³/mol. The molecule has 1 saturated carbocycles. The molecule has 5 unspecified atom stereocenters. The zero-order valence-electron chi connectivity index (χ0n) is 29.6. The third kappa shape index (κ3) is 6.59. The lowest BCUT2D eigenvalue weighted by molar-refractivity contribution is -0.144. The van der Waals surface area contributed by atoms with Crippen LogP contribution >= 0.6 is 0 Å². The summed E-state index contributed by atoms with van der Waals surface area (Å²) in [6.07, 6.45) is 5.11. The lowest BCUT2D eigenvalue weighted by Crippen LogP contribution is -2.49. The SMILES string of the molecule is CC(C)(C)OC1C(O)C(n2ccc3c(NC4CCc5ccccc54)ncnc32)CC1C(O[SiH2]C(C)(C)C)(c1ccccc1)c1ccccc1. The molecule has 2 aromatic heterocycles. The van der Waals surface area contributed by atoms with Crippen LogP contribution in [0.2, 0.25) is 5.04 Å². The van der Waals surface area contributed by atoms with E-state index < -0.39 is 33.2 Å². The number of nitrogens with zero attached hydrogens (tertiary/aromatic N) is 3. The minimum Gasteiger partial charge on any atom is -0.410 e. The molecule has 2 aliphatic carbocycles. The maximum atomic E-state index is 12.5. The van der Waals surface area contributed by atoms with E-state index in [9.17, 15) is 5.11 Å². The standard InChI is InChI=1S/C41H50N4O3Si/c1-39(2,3)47-36-32(41(48-49-40(4,5)6,28-16-9-7-10-17-28)29-18-11-8-12-19-29)25-34(35(36)46)45-24-23-31-37(42-26-43-38(31)45)44-33-22-21-27-15-13-14-20-30(27)33/h7-20,23-24,26,32-36,46H,21-22,25,49H2,1-6H3,(H,42,43,44). The molecule has 3 aromatic carbocycles. The van der Waals surface area contributed by atoms with Gasteiger partial charge in [-0.1, -0.05) is 106 Å². The Hall–Kier alpha value is -3.82. The molecule has 0 amide bonds. The maximum absolute atomic E-state index is 12.5. The molecule has 0 bridgehead atoms. The Morgan fingerprint density at radius 1 is 0.837 bits per heavy atom. The molecular weight excluding hydrogens is 625 g/mol. The Labute approximate surface area is 293 Å². The number of ether oxygens (including phenoxy) is 1. The summed E-state index contributed by atoms with van der Waals surface area (Å²) < 4.78 is 16.5. The van der Waals surface area contributed by atoms with Gasteiger partial charge in [-0.3, -0.25) is 0 Å². The second kappa shape index (κ2) is 13.1. The number of benzene rings is 3. The summed E-state index contributed by atoms with van der Waals surface area (Å²) in [6, 6.07) is 31.8. The van der Waals surface area contributed by atoms with Crippen LogP contribution in [0.4, 0.5) is 5.82 Å². The number of anilines is 1. The van der Waals surface area contributed by atoms with Crippen molar-refractivity contribution in [1.82, 2.24) is 14.5 Å². The van der Waals surface area contributed by atoms with Crippen molar-refractivity contribution in [3.8, 4) is 0 Å².